The normalized spacial score (nSPS) is 11.2. The Morgan fingerprint density at radius 3 is 2.29 bits per heavy atom. The maximum Gasteiger partial charge on any atom is 0.429 e. The lowest BCUT2D eigenvalue weighted by Gasteiger charge is -2.20. The van der Waals surface area contributed by atoms with Crippen molar-refractivity contribution in [3.8, 4) is 11.5 Å². The highest BCUT2D eigenvalue weighted by Crippen LogP contribution is 2.37. The van der Waals surface area contributed by atoms with Crippen LogP contribution in [0.5, 0.6) is 11.5 Å². The van der Waals surface area contributed by atoms with Crippen molar-refractivity contribution in [2.75, 3.05) is 7.11 Å². The fraction of sp³-hybridized carbons (Fsp3) is 0.133. The van der Waals surface area contributed by atoms with E-state index < -0.39 is 52.1 Å². The van der Waals surface area contributed by atoms with Crippen molar-refractivity contribution in [3.05, 3.63) is 58.9 Å². The number of rotatable bonds is 5. The van der Waals surface area contributed by atoms with Crippen molar-refractivity contribution in [3.63, 3.8) is 0 Å². The van der Waals surface area contributed by atoms with Gasteiger partial charge in [-0.05, 0) is 24.3 Å². The third kappa shape index (κ3) is 3.10. The van der Waals surface area contributed by atoms with Crippen LogP contribution in [0.4, 0.5) is 22.0 Å². The third-order valence-electron chi connectivity index (χ3n) is 3.04. The van der Waals surface area contributed by atoms with Crippen LogP contribution in [-0.4, -0.2) is 13.0 Å². The molecule has 0 bridgehead atoms. The van der Waals surface area contributed by atoms with Gasteiger partial charge >= 0.3 is 6.11 Å². The van der Waals surface area contributed by atoms with Gasteiger partial charge in [0, 0.05) is 0 Å². The molecule has 0 fully saturated rings. The summed E-state index contributed by atoms with van der Waals surface area (Å²) in [7, 11) is 1.07. The second-order valence-corrected chi connectivity index (χ2v) is 4.54. The second kappa shape index (κ2) is 6.34. The van der Waals surface area contributed by atoms with Gasteiger partial charge in [-0.25, -0.2) is 13.2 Å². The minimum atomic E-state index is -4.33. The van der Waals surface area contributed by atoms with Gasteiger partial charge in [0.25, 0.3) is 5.91 Å². The zero-order valence-corrected chi connectivity index (χ0v) is 12.1. The van der Waals surface area contributed by atoms with Crippen molar-refractivity contribution in [1.82, 2.24) is 0 Å². The number of carbonyl (C=O) groups is 1. The summed E-state index contributed by atoms with van der Waals surface area (Å²) in [5.41, 5.74) is 2.31. The van der Waals surface area contributed by atoms with E-state index in [0.717, 1.165) is 19.2 Å². The molecule has 0 aromatic heterocycles. The van der Waals surface area contributed by atoms with E-state index in [9.17, 15) is 26.7 Å². The number of hydrogen-bond donors (Lipinski definition) is 1. The number of halogens is 5. The predicted molar refractivity (Wildman–Crippen MR) is 72.3 cm³/mol. The number of alkyl halides is 2. The van der Waals surface area contributed by atoms with Crippen molar-refractivity contribution < 1.29 is 36.2 Å². The second-order valence-electron chi connectivity index (χ2n) is 4.54. The van der Waals surface area contributed by atoms with Crippen molar-refractivity contribution in [1.29, 1.82) is 0 Å². The number of amides is 1. The number of methoxy groups -OCH3 is 1. The average molecular weight is 347 g/mol. The molecule has 0 aliphatic carbocycles. The quantitative estimate of drug-likeness (QED) is 0.844. The van der Waals surface area contributed by atoms with Crippen molar-refractivity contribution in [2.45, 2.75) is 6.11 Å². The zero-order chi connectivity index (χ0) is 18.1. The molecule has 0 radical (unpaired) electrons. The van der Waals surface area contributed by atoms with Gasteiger partial charge in [0.2, 0.25) is 0 Å². The maximum absolute atomic E-state index is 14.1. The fourth-order valence-electron chi connectivity index (χ4n) is 1.92. The number of nitrogens with two attached hydrogens (primary N) is 1. The summed E-state index contributed by atoms with van der Waals surface area (Å²) in [6.45, 7) is 0. The maximum atomic E-state index is 14.1. The van der Waals surface area contributed by atoms with Gasteiger partial charge in [0.1, 0.15) is 16.9 Å². The summed E-state index contributed by atoms with van der Waals surface area (Å²) in [5.74, 6) is -7.63. The van der Waals surface area contributed by atoms with Gasteiger partial charge in [-0.1, -0.05) is 6.07 Å². The summed E-state index contributed by atoms with van der Waals surface area (Å²) >= 11 is 0. The van der Waals surface area contributed by atoms with E-state index in [2.05, 4.69) is 9.47 Å². The molecule has 0 atom stereocenters. The van der Waals surface area contributed by atoms with Crippen LogP contribution in [-0.2, 0) is 6.11 Å². The molecule has 9 heteroatoms. The van der Waals surface area contributed by atoms with Crippen LogP contribution in [0.15, 0.2) is 30.3 Å². The number of ether oxygens (including phenoxy) is 2. The molecule has 4 nitrogen and oxygen atoms in total. The smallest absolute Gasteiger partial charge is 0.429 e. The van der Waals surface area contributed by atoms with Gasteiger partial charge in [-0.15, -0.1) is 0 Å². The van der Waals surface area contributed by atoms with Gasteiger partial charge in [-0.2, -0.15) is 8.78 Å². The predicted octanol–water partition coefficient (Wildman–Crippen LogP) is 3.34. The first-order chi connectivity index (χ1) is 11.2. The Bertz CT molecular complexity index is 795. The fourth-order valence-corrected chi connectivity index (χ4v) is 1.92. The van der Waals surface area contributed by atoms with E-state index in [0.29, 0.717) is 18.2 Å². The minimum absolute atomic E-state index is 0.479. The van der Waals surface area contributed by atoms with Crippen LogP contribution in [0.3, 0.4) is 0 Å². The summed E-state index contributed by atoms with van der Waals surface area (Å²) in [6, 6.07) is 3.93. The molecule has 1 amide bonds. The molecular formula is C15H10F5NO3. The first-order valence-electron chi connectivity index (χ1n) is 6.36. The summed E-state index contributed by atoms with van der Waals surface area (Å²) in [4.78, 5) is 11.0. The van der Waals surface area contributed by atoms with Crippen LogP contribution in [0.25, 0.3) is 0 Å². The highest BCUT2D eigenvalue weighted by atomic mass is 19.3. The average Bonchev–Trinajstić information content (AvgIpc) is 2.50. The molecule has 128 valence electrons. The summed E-state index contributed by atoms with van der Waals surface area (Å²) in [5, 5.41) is 0. The summed E-state index contributed by atoms with van der Waals surface area (Å²) < 4.78 is 78.2. The largest absolute Gasteiger partial charge is 0.494 e. The van der Waals surface area contributed by atoms with Gasteiger partial charge in [0.05, 0.1) is 7.11 Å². The highest BCUT2D eigenvalue weighted by molar-refractivity contribution is 5.93. The lowest BCUT2D eigenvalue weighted by atomic mass is 10.1. The van der Waals surface area contributed by atoms with E-state index in [-0.39, 0.29) is 0 Å². The zero-order valence-electron chi connectivity index (χ0n) is 12.1. The molecule has 0 unspecified atom stereocenters. The van der Waals surface area contributed by atoms with E-state index in [1.165, 1.54) is 0 Å². The molecule has 0 aliphatic rings. The molecule has 2 N–H and O–H groups in total. The van der Waals surface area contributed by atoms with E-state index in [1.54, 1.807) is 0 Å². The van der Waals surface area contributed by atoms with Crippen LogP contribution in [0.1, 0.15) is 15.9 Å². The first-order valence-corrected chi connectivity index (χ1v) is 6.36. The molecule has 0 saturated heterocycles. The Morgan fingerprint density at radius 2 is 1.71 bits per heavy atom. The van der Waals surface area contributed by atoms with E-state index in [4.69, 9.17) is 5.73 Å². The third-order valence-corrected chi connectivity index (χ3v) is 3.04. The number of hydrogen-bond acceptors (Lipinski definition) is 3. The van der Waals surface area contributed by atoms with Crippen LogP contribution >= 0.6 is 0 Å². The van der Waals surface area contributed by atoms with Crippen LogP contribution in [0.2, 0.25) is 0 Å². The standard InChI is InChI=1S/C15H10F5NO3/c1-23-9-4-2-3-7(12(9)17)15(19,20)24-10-6-5-8(16)11(13(10)18)14(21)22/h2-6H,1H3,(H2,21,22). The van der Waals surface area contributed by atoms with Gasteiger partial charge in [0.15, 0.2) is 23.1 Å². The molecule has 0 saturated carbocycles. The summed E-state index contributed by atoms with van der Waals surface area (Å²) in [6.07, 6.45) is -4.33. The topological polar surface area (TPSA) is 61.6 Å². The minimum Gasteiger partial charge on any atom is -0.494 e. The number of primary amides is 1. The number of carbonyl (C=O) groups excluding carboxylic acids is 1. The number of benzene rings is 2. The van der Waals surface area contributed by atoms with E-state index >= 15 is 0 Å². The lowest BCUT2D eigenvalue weighted by Crippen LogP contribution is -2.25. The molecule has 2 rings (SSSR count). The van der Waals surface area contributed by atoms with Gasteiger partial charge < -0.3 is 15.2 Å². The van der Waals surface area contributed by atoms with Crippen LogP contribution in [0, 0.1) is 17.5 Å². The SMILES string of the molecule is COc1cccc(C(F)(F)Oc2ccc(F)c(C(N)=O)c2F)c1F. The molecule has 0 aliphatic heterocycles. The Labute approximate surface area is 132 Å². The monoisotopic (exact) mass is 347 g/mol. The molecule has 0 spiro atoms. The van der Waals surface area contributed by atoms with Crippen molar-refractivity contribution in [2.24, 2.45) is 5.73 Å². The molecule has 2 aromatic rings. The molecular weight excluding hydrogens is 337 g/mol. The molecule has 0 heterocycles. The Hall–Kier alpha value is -2.84. The lowest BCUT2D eigenvalue weighted by molar-refractivity contribution is -0.189. The van der Waals surface area contributed by atoms with Crippen molar-refractivity contribution >= 4 is 5.91 Å². The first kappa shape index (κ1) is 17.5. The van der Waals surface area contributed by atoms with E-state index in [1.807, 2.05) is 0 Å². The highest BCUT2D eigenvalue weighted by Gasteiger charge is 2.40. The Kier molecular flexibility index (Phi) is 4.63. The Morgan fingerprint density at radius 1 is 1.04 bits per heavy atom. The van der Waals surface area contributed by atoms with Gasteiger partial charge in [-0.3, -0.25) is 4.79 Å². The van der Waals surface area contributed by atoms with Crippen LogP contribution < -0.4 is 15.2 Å². The molecule has 24 heavy (non-hydrogen) atoms. The Balaban J connectivity index is 2.47. The molecule has 2 aromatic carbocycles.